The van der Waals surface area contributed by atoms with Crippen molar-refractivity contribution in [2.45, 2.75) is 38.5 Å². The molecule has 2 nitrogen and oxygen atoms in total. The van der Waals surface area contributed by atoms with Crippen LogP contribution in [-0.2, 0) is 10.8 Å². The third kappa shape index (κ3) is 5.71. The van der Waals surface area contributed by atoms with E-state index in [1.165, 1.54) is 49.4 Å². The first-order chi connectivity index (χ1) is 28.3. The number of fused-ring (bicyclic) bond motifs is 6. The molecule has 0 atom stereocenters. The molecule has 0 bridgehead atoms. The lowest BCUT2D eigenvalue weighted by Gasteiger charge is -2.48. The van der Waals surface area contributed by atoms with E-state index in [0.717, 1.165) is 39.7 Å². The summed E-state index contributed by atoms with van der Waals surface area (Å²) >= 11 is 0. The Labute approximate surface area is 342 Å². The number of hydrogen-bond donors (Lipinski definition) is 0. The van der Waals surface area contributed by atoms with E-state index in [0.29, 0.717) is 0 Å². The molecule has 0 aliphatic heterocycles. The number of rotatable bonds is 7. The van der Waals surface area contributed by atoms with Crippen LogP contribution in [0.3, 0.4) is 0 Å². The van der Waals surface area contributed by atoms with Crippen LogP contribution in [0.15, 0.2) is 206 Å². The zero-order valence-corrected chi connectivity index (χ0v) is 33.5. The molecule has 58 heavy (non-hydrogen) atoms. The Balaban J connectivity index is 1.25. The zero-order valence-electron chi connectivity index (χ0n) is 33.5. The summed E-state index contributed by atoms with van der Waals surface area (Å²) < 4.78 is 0. The molecule has 9 aromatic rings. The second-order valence-electron chi connectivity index (χ2n) is 16.6. The Morgan fingerprint density at radius 2 is 0.828 bits per heavy atom. The summed E-state index contributed by atoms with van der Waals surface area (Å²) in [5.41, 5.74) is 14.3. The van der Waals surface area contributed by atoms with Crippen molar-refractivity contribution in [1.82, 2.24) is 0 Å². The molecule has 0 radical (unpaired) electrons. The van der Waals surface area contributed by atoms with Crippen LogP contribution in [0, 0.1) is 0 Å². The molecule has 2 heteroatoms. The summed E-state index contributed by atoms with van der Waals surface area (Å²) in [7, 11) is 0. The van der Waals surface area contributed by atoms with Gasteiger partial charge in [-0.1, -0.05) is 167 Å². The summed E-state index contributed by atoms with van der Waals surface area (Å²) in [5, 5.41) is 4.91. The van der Waals surface area contributed by atoms with Gasteiger partial charge in [-0.15, -0.1) is 0 Å². The van der Waals surface area contributed by atoms with E-state index < -0.39 is 0 Å². The maximum Gasteiger partial charge on any atom is 0.0540 e. The number of para-hydroxylation sites is 4. The van der Waals surface area contributed by atoms with E-state index in [1.807, 2.05) is 0 Å². The van der Waals surface area contributed by atoms with E-state index in [4.69, 9.17) is 0 Å². The molecular formula is C56H46N2. The summed E-state index contributed by atoms with van der Waals surface area (Å²) in [5.74, 6) is 0. The van der Waals surface area contributed by atoms with E-state index in [1.54, 1.807) is 0 Å². The first-order valence-electron chi connectivity index (χ1n) is 20.4. The van der Waals surface area contributed by atoms with Crippen LogP contribution < -0.4 is 9.80 Å². The lowest BCUT2D eigenvalue weighted by Crippen LogP contribution is -2.43. The first kappa shape index (κ1) is 35.5. The van der Waals surface area contributed by atoms with Crippen LogP contribution >= 0.6 is 0 Å². The van der Waals surface area contributed by atoms with Gasteiger partial charge in [-0.25, -0.2) is 0 Å². The van der Waals surface area contributed by atoms with Crippen molar-refractivity contribution in [2.75, 3.05) is 9.80 Å². The minimum absolute atomic E-state index is 0.0724. The molecule has 10 rings (SSSR count). The maximum atomic E-state index is 2.46. The fourth-order valence-electron chi connectivity index (χ4n) is 9.33. The Morgan fingerprint density at radius 3 is 1.52 bits per heavy atom. The molecule has 0 spiro atoms. The van der Waals surface area contributed by atoms with Crippen molar-refractivity contribution in [3.05, 3.63) is 217 Å². The van der Waals surface area contributed by atoms with Crippen molar-refractivity contribution in [2.24, 2.45) is 0 Å². The van der Waals surface area contributed by atoms with Gasteiger partial charge in [0.2, 0.25) is 0 Å². The largest absolute Gasteiger partial charge is 0.310 e. The van der Waals surface area contributed by atoms with Crippen LogP contribution in [0.25, 0.3) is 43.8 Å². The molecule has 280 valence electrons. The van der Waals surface area contributed by atoms with Crippen LogP contribution in [0.4, 0.5) is 34.1 Å². The standard InChI is InChI=1S/C56H46N2/c1-55(2)51-30-18-16-28-47(51)48-35-34-44(38-52(48)56(55,3)4)57(41-21-8-5-9-22-41)45-36-40-33-32-39-20-14-15-27-46(39)54(40)50(37-45)49-29-17-19-31-53(49)58(42-23-10-6-11-24-42)43-25-12-7-13-26-43/h5-38H,1-4H3. The normalized spacial score (nSPS) is 13.8. The summed E-state index contributed by atoms with van der Waals surface area (Å²) in [6.45, 7) is 9.64. The van der Waals surface area contributed by atoms with Gasteiger partial charge in [-0.05, 0) is 127 Å². The van der Waals surface area contributed by atoms with Gasteiger partial charge in [-0.3, -0.25) is 0 Å². The van der Waals surface area contributed by atoms with Crippen molar-refractivity contribution in [3.8, 4) is 22.3 Å². The second kappa shape index (κ2) is 13.9. The van der Waals surface area contributed by atoms with Crippen molar-refractivity contribution >= 4 is 55.7 Å². The molecule has 0 fully saturated rings. The minimum atomic E-state index is -0.125. The fourth-order valence-corrected chi connectivity index (χ4v) is 9.33. The van der Waals surface area contributed by atoms with Crippen molar-refractivity contribution < 1.29 is 0 Å². The minimum Gasteiger partial charge on any atom is -0.310 e. The molecular weight excluding hydrogens is 701 g/mol. The van der Waals surface area contributed by atoms with Crippen LogP contribution in [-0.4, -0.2) is 0 Å². The molecule has 0 aromatic heterocycles. The number of hydrogen-bond acceptors (Lipinski definition) is 2. The van der Waals surface area contributed by atoms with Crippen LogP contribution in [0.2, 0.25) is 0 Å². The molecule has 0 amide bonds. The highest BCUT2D eigenvalue weighted by Gasteiger charge is 2.46. The molecule has 1 aliphatic carbocycles. The van der Waals surface area contributed by atoms with Gasteiger partial charge in [0.15, 0.2) is 0 Å². The van der Waals surface area contributed by atoms with E-state index in [-0.39, 0.29) is 10.8 Å². The van der Waals surface area contributed by atoms with Gasteiger partial charge in [0.25, 0.3) is 0 Å². The summed E-state index contributed by atoms with van der Waals surface area (Å²) in [4.78, 5) is 4.84. The molecule has 0 N–H and O–H groups in total. The third-order valence-corrected chi connectivity index (χ3v) is 13.0. The van der Waals surface area contributed by atoms with Gasteiger partial charge in [0.05, 0.1) is 5.69 Å². The quantitative estimate of drug-likeness (QED) is 0.150. The van der Waals surface area contributed by atoms with Gasteiger partial charge < -0.3 is 9.80 Å². The van der Waals surface area contributed by atoms with Gasteiger partial charge in [0.1, 0.15) is 0 Å². The van der Waals surface area contributed by atoms with Gasteiger partial charge >= 0.3 is 0 Å². The average Bonchev–Trinajstić information content (AvgIpc) is 3.27. The highest BCUT2D eigenvalue weighted by Crippen LogP contribution is 2.55. The predicted molar refractivity (Wildman–Crippen MR) is 248 cm³/mol. The zero-order chi connectivity index (χ0) is 39.4. The number of benzene rings is 9. The summed E-state index contributed by atoms with van der Waals surface area (Å²) in [6, 6.07) is 75.5. The first-order valence-corrected chi connectivity index (χ1v) is 20.4. The Bertz CT molecular complexity index is 2910. The Morgan fingerprint density at radius 1 is 0.310 bits per heavy atom. The Kier molecular flexibility index (Phi) is 8.53. The molecule has 0 unspecified atom stereocenters. The number of nitrogens with zero attached hydrogens (tertiary/aromatic N) is 2. The average molecular weight is 747 g/mol. The lowest BCUT2D eigenvalue weighted by atomic mass is 9.55. The number of anilines is 6. The highest BCUT2D eigenvalue weighted by molar-refractivity contribution is 6.17. The predicted octanol–water partition coefficient (Wildman–Crippen LogP) is 15.8. The topological polar surface area (TPSA) is 6.48 Å². The molecule has 9 aromatic carbocycles. The van der Waals surface area contributed by atoms with E-state index in [2.05, 4.69) is 244 Å². The maximum absolute atomic E-state index is 2.46. The smallest absolute Gasteiger partial charge is 0.0540 e. The van der Waals surface area contributed by atoms with E-state index in [9.17, 15) is 0 Å². The summed E-state index contributed by atoms with van der Waals surface area (Å²) in [6.07, 6.45) is 0. The van der Waals surface area contributed by atoms with Gasteiger partial charge in [-0.2, -0.15) is 0 Å². The molecule has 0 heterocycles. The van der Waals surface area contributed by atoms with Crippen molar-refractivity contribution in [3.63, 3.8) is 0 Å². The van der Waals surface area contributed by atoms with Crippen LogP contribution in [0.5, 0.6) is 0 Å². The second-order valence-corrected chi connectivity index (χ2v) is 16.6. The fraction of sp³-hybridized carbons (Fsp3) is 0.107. The van der Waals surface area contributed by atoms with Gasteiger partial charge in [0, 0.05) is 34.0 Å². The van der Waals surface area contributed by atoms with Crippen LogP contribution in [0.1, 0.15) is 38.8 Å². The molecule has 0 saturated heterocycles. The third-order valence-electron chi connectivity index (χ3n) is 13.0. The lowest BCUT2D eigenvalue weighted by molar-refractivity contribution is 0.299. The van der Waals surface area contributed by atoms with Crippen molar-refractivity contribution in [1.29, 1.82) is 0 Å². The molecule has 0 saturated carbocycles. The highest BCUT2D eigenvalue weighted by atomic mass is 15.2. The van der Waals surface area contributed by atoms with E-state index >= 15 is 0 Å². The SMILES string of the molecule is CC1(C)c2ccccc2-c2ccc(N(c3ccccc3)c3cc(-c4ccccc4N(c4ccccc4)c4ccccc4)c4c(ccc5ccccc54)c3)cc2C1(C)C. The molecule has 1 aliphatic rings. The Hall–Kier alpha value is -6.90. The monoisotopic (exact) mass is 746 g/mol.